The molecule has 1 fully saturated rings. The lowest BCUT2D eigenvalue weighted by Gasteiger charge is -2.37. The average molecular weight is 1310 g/mol. The molecule has 93 heavy (non-hydrogen) atoms. The summed E-state index contributed by atoms with van der Waals surface area (Å²) < 4.78 is 5.48. The van der Waals surface area contributed by atoms with Gasteiger partial charge in [-0.15, -0.1) is 0 Å². The first-order valence-corrected chi connectivity index (χ1v) is 31.0. The normalized spacial score (nSPS) is 19.7. The first-order valence-electron chi connectivity index (χ1n) is 31.0. The van der Waals surface area contributed by atoms with Gasteiger partial charge < -0.3 is 99.8 Å². The van der Waals surface area contributed by atoms with Crippen molar-refractivity contribution in [1.29, 1.82) is 0 Å². The van der Waals surface area contributed by atoms with Gasteiger partial charge in [0.1, 0.15) is 78.9 Å². The molecule has 3 rings (SSSR count). The van der Waals surface area contributed by atoms with Gasteiger partial charge in [0.15, 0.2) is 0 Å². The number of hydrogen-bond acceptors (Lipinski definition) is 19. The second-order valence-corrected chi connectivity index (χ2v) is 24.0. The molecule has 0 bridgehead atoms. The summed E-state index contributed by atoms with van der Waals surface area (Å²) in [4.78, 5) is 149. The van der Waals surface area contributed by atoms with E-state index in [1.165, 1.54) is 38.1 Å². The van der Waals surface area contributed by atoms with Crippen molar-refractivity contribution in [2.75, 3.05) is 19.7 Å². The topological polar surface area (TPSA) is 499 Å². The summed E-state index contributed by atoms with van der Waals surface area (Å²) in [7, 11) is 0. The molecule has 0 unspecified atom stereocenters. The Kier molecular flexibility index (Phi) is 33.5. The number of carboxylic acids is 2. The van der Waals surface area contributed by atoms with E-state index < -0.39 is 188 Å². The van der Waals surface area contributed by atoms with E-state index in [0.29, 0.717) is 42.5 Å². The molecule has 516 valence electrons. The molecule has 1 saturated heterocycles. The van der Waals surface area contributed by atoms with Gasteiger partial charge in [-0.05, 0) is 93.5 Å². The Morgan fingerprint density at radius 1 is 0.591 bits per heavy atom. The van der Waals surface area contributed by atoms with Crippen LogP contribution in [0.1, 0.15) is 117 Å². The van der Waals surface area contributed by atoms with Crippen LogP contribution in [-0.2, 0) is 70.3 Å². The Bertz CT molecular complexity index is 2890. The van der Waals surface area contributed by atoms with Crippen LogP contribution < -0.4 is 59.3 Å². The van der Waals surface area contributed by atoms with Gasteiger partial charge in [0.05, 0.1) is 25.3 Å². The zero-order valence-corrected chi connectivity index (χ0v) is 53.8. The Hall–Kier alpha value is -8.15. The standard InChI is InChI=1S/C63H95N11O19/c1-9-34(6)50(73-60(88)49(65)33(4)5)61(89)74-51(36(8)76)62(90)67-35(7)55(83)71-43(28-38-15-11-10-12-16-38)59(87)72-44(29-39-20-18-37(19-21-39)22-24-45-52(80)54(82)53(81)46(31-75)93-45)58(86)69-40(23-25-48(78)79)56(84)66-30-47(77)68-42(27-32(2)3)57(85)70-41(63(91)92)17-13-14-26-64/h10-12,15-16,18-21,32-36,40-46,49-54,75-76,80-82H,9,13-14,17,23,25-31,64-65H2,1-8H3,(H,66,84)(H,67,90)(H,68,77)(H,69,86)(H,70,85)(H,71,83)(H,72,87)(H,73,88)(H,74,89)(H,78,79)(H,91,92)/t34-,35-,36+,40-,41-,42-,43-,44-,45-,46+,49-,50-,51-,52-,53-,54+/m0/s1. The molecule has 1 aliphatic heterocycles. The SMILES string of the molecule is CC[C@H](C)[C@H](NC(=O)[C@@H](N)C(C)C)C(=O)N[C@H](C(=O)N[C@@H](C)C(=O)N[C@@H](Cc1ccccc1)C(=O)N[C@@H](Cc1ccc(C#C[C@@H]2O[C@H](CO)[C@H](O)[C@H](O)[C@H]2O)cc1)C(=O)N[C@@H](CCC(=O)O)C(=O)NCC(=O)N[C@@H](CC(C)C)C(=O)N[C@@H](CCCCN)C(=O)O)[C@@H](C)O. The van der Waals surface area contributed by atoms with Gasteiger partial charge in [-0.25, -0.2) is 4.79 Å². The molecular formula is C63H95N11O19. The Morgan fingerprint density at radius 3 is 1.68 bits per heavy atom. The first-order chi connectivity index (χ1) is 43.8. The van der Waals surface area contributed by atoms with Crippen LogP contribution in [0, 0.1) is 29.6 Å². The van der Waals surface area contributed by atoms with E-state index in [2.05, 4.69) is 59.7 Å². The molecule has 16 atom stereocenters. The summed E-state index contributed by atoms with van der Waals surface area (Å²) in [5, 5.41) is 93.3. The van der Waals surface area contributed by atoms with Crippen LogP contribution in [0.25, 0.3) is 0 Å². The van der Waals surface area contributed by atoms with Crippen molar-refractivity contribution >= 4 is 65.1 Å². The minimum atomic E-state index is -1.71. The molecule has 30 heteroatoms. The van der Waals surface area contributed by atoms with Crippen LogP contribution in [-0.4, -0.2) is 212 Å². The predicted octanol–water partition coefficient (Wildman–Crippen LogP) is -3.79. The predicted molar refractivity (Wildman–Crippen MR) is 336 cm³/mol. The van der Waals surface area contributed by atoms with Gasteiger partial charge in [0.2, 0.25) is 53.2 Å². The summed E-state index contributed by atoms with van der Waals surface area (Å²) in [6.07, 6.45) is -9.53. The van der Waals surface area contributed by atoms with Gasteiger partial charge in [-0.2, -0.15) is 0 Å². The summed E-state index contributed by atoms with van der Waals surface area (Å²) in [6.45, 7) is 11.7. The number of nitrogens with one attached hydrogen (secondary N) is 9. The molecule has 0 saturated carbocycles. The van der Waals surface area contributed by atoms with E-state index in [-0.39, 0.29) is 37.5 Å². The maximum atomic E-state index is 14.7. The molecule has 2 aromatic rings. The third kappa shape index (κ3) is 26.4. The second-order valence-electron chi connectivity index (χ2n) is 24.0. The Morgan fingerprint density at radius 2 is 1.14 bits per heavy atom. The van der Waals surface area contributed by atoms with E-state index in [0.717, 1.165) is 0 Å². The Balaban J connectivity index is 2.01. The van der Waals surface area contributed by atoms with Crippen molar-refractivity contribution < 1.29 is 93.2 Å². The largest absolute Gasteiger partial charge is 0.481 e. The highest BCUT2D eigenvalue weighted by molar-refractivity contribution is 5.98. The molecular weight excluding hydrogens is 1210 g/mol. The first kappa shape index (κ1) is 79.1. The minimum absolute atomic E-state index is 0.0542. The van der Waals surface area contributed by atoms with Crippen LogP contribution in [0.2, 0.25) is 0 Å². The van der Waals surface area contributed by atoms with Crippen molar-refractivity contribution in [3.8, 4) is 11.8 Å². The Labute approximate surface area is 540 Å². The zero-order chi connectivity index (χ0) is 69.8. The molecule has 1 aliphatic rings. The lowest BCUT2D eigenvalue weighted by atomic mass is 9.95. The molecule has 0 spiro atoms. The molecule has 2 aromatic carbocycles. The summed E-state index contributed by atoms with van der Waals surface area (Å²) in [5.41, 5.74) is 12.7. The zero-order valence-electron chi connectivity index (χ0n) is 53.8. The van der Waals surface area contributed by atoms with Crippen molar-refractivity contribution in [3.05, 3.63) is 71.3 Å². The van der Waals surface area contributed by atoms with Gasteiger partial charge >= 0.3 is 11.9 Å². The van der Waals surface area contributed by atoms with Crippen LogP contribution in [0.5, 0.6) is 0 Å². The van der Waals surface area contributed by atoms with Crippen molar-refractivity contribution in [2.45, 2.75) is 204 Å². The maximum absolute atomic E-state index is 14.7. The monoisotopic (exact) mass is 1310 g/mol. The number of carbonyl (C=O) groups is 11. The van der Waals surface area contributed by atoms with Gasteiger partial charge in [-0.1, -0.05) is 102 Å². The fourth-order valence-electron chi connectivity index (χ4n) is 9.51. The molecule has 9 amide bonds. The number of carbonyl (C=O) groups excluding carboxylic acids is 9. The smallest absolute Gasteiger partial charge is 0.326 e. The number of rotatable bonds is 37. The van der Waals surface area contributed by atoms with Crippen LogP contribution in [0.15, 0.2) is 54.6 Å². The third-order valence-electron chi connectivity index (χ3n) is 15.4. The maximum Gasteiger partial charge on any atom is 0.326 e. The van der Waals surface area contributed by atoms with Gasteiger partial charge in [-0.3, -0.25) is 47.9 Å². The third-order valence-corrected chi connectivity index (χ3v) is 15.4. The molecule has 0 radical (unpaired) electrons. The highest BCUT2D eigenvalue weighted by Gasteiger charge is 2.43. The number of ether oxygens (including phenoxy) is 1. The van der Waals surface area contributed by atoms with Crippen molar-refractivity contribution in [1.82, 2.24) is 47.9 Å². The fraction of sp³-hybridized carbons (Fsp3) is 0.603. The average Bonchev–Trinajstić information content (AvgIpc) is 1.42. The summed E-state index contributed by atoms with van der Waals surface area (Å²) >= 11 is 0. The highest BCUT2D eigenvalue weighted by Crippen LogP contribution is 2.21. The molecule has 0 aliphatic carbocycles. The van der Waals surface area contributed by atoms with E-state index >= 15 is 0 Å². The van der Waals surface area contributed by atoms with Crippen molar-refractivity contribution in [2.24, 2.45) is 29.2 Å². The molecule has 0 aromatic heterocycles. The highest BCUT2D eigenvalue weighted by atomic mass is 16.5. The number of benzene rings is 2. The number of nitrogens with two attached hydrogens (primary N) is 2. The number of aliphatic hydroxyl groups is 5. The van der Waals surface area contributed by atoms with E-state index in [1.807, 2.05) is 0 Å². The van der Waals surface area contributed by atoms with Crippen molar-refractivity contribution in [3.63, 3.8) is 0 Å². The summed E-state index contributed by atoms with van der Waals surface area (Å²) in [5.74, 6) is -6.50. The van der Waals surface area contributed by atoms with E-state index in [4.69, 9.17) is 16.2 Å². The molecule has 1 heterocycles. The minimum Gasteiger partial charge on any atom is -0.481 e. The van der Waals surface area contributed by atoms with E-state index in [9.17, 15) is 88.5 Å². The van der Waals surface area contributed by atoms with Crippen LogP contribution in [0.4, 0.5) is 0 Å². The number of aliphatic carboxylic acids is 2. The number of unbranched alkanes of at least 4 members (excludes halogenated alkanes) is 1. The lowest BCUT2D eigenvalue weighted by Crippen LogP contribution is -2.62. The quantitative estimate of drug-likeness (QED) is 0.0228. The number of aliphatic hydroxyl groups excluding tert-OH is 5. The number of carboxylic acid groups (broad SMARTS) is 2. The van der Waals surface area contributed by atoms with Gasteiger partial charge in [0, 0.05) is 24.8 Å². The fourth-order valence-corrected chi connectivity index (χ4v) is 9.51. The second kappa shape index (κ2) is 39.4. The number of hydrogen-bond donors (Lipinski definition) is 18. The molecule has 20 N–H and O–H groups in total. The molecule has 30 nitrogen and oxygen atoms in total. The van der Waals surface area contributed by atoms with Crippen LogP contribution >= 0.6 is 0 Å². The lowest BCUT2D eigenvalue weighted by molar-refractivity contribution is -0.214. The number of amides is 9. The van der Waals surface area contributed by atoms with Crippen LogP contribution in [0.3, 0.4) is 0 Å². The van der Waals surface area contributed by atoms with Gasteiger partial charge in [0.25, 0.3) is 0 Å². The summed E-state index contributed by atoms with van der Waals surface area (Å²) in [6, 6.07) is 1.45. The van der Waals surface area contributed by atoms with E-state index in [1.54, 1.807) is 71.9 Å².